The first kappa shape index (κ1) is 8.50. The molecule has 0 saturated carbocycles. The molecule has 0 spiro atoms. The van der Waals surface area contributed by atoms with Gasteiger partial charge < -0.3 is 4.74 Å². The van der Waals surface area contributed by atoms with E-state index in [1.165, 1.54) is 6.26 Å². The van der Waals surface area contributed by atoms with Crippen molar-refractivity contribution in [3.8, 4) is 11.7 Å². The summed E-state index contributed by atoms with van der Waals surface area (Å²) in [4.78, 5) is 3.94. The highest BCUT2D eigenvalue weighted by molar-refractivity contribution is 5.29. The minimum atomic E-state index is 0.295. The molecule has 0 aliphatic carbocycles. The highest BCUT2D eigenvalue weighted by atomic mass is 16.5. The van der Waals surface area contributed by atoms with E-state index in [-0.39, 0.29) is 0 Å². The first-order valence-electron chi connectivity index (χ1n) is 4.15. The summed E-state index contributed by atoms with van der Waals surface area (Å²) in [6.07, 6.45) is 2.89. The predicted octanol–water partition coefficient (Wildman–Crippen LogP) is 1.79. The van der Waals surface area contributed by atoms with Crippen molar-refractivity contribution in [3.05, 3.63) is 49.5 Å². The molecule has 2 rings (SSSR count). The van der Waals surface area contributed by atoms with E-state index in [9.17, 15) is 0 Å². The van der Waals surface area contributed by atoms with Crippen LogP contribution in [-0.4, -0.2) is 14.8 Å². The molecule has 4 heteroatoms. The Kier molecular flexibility index (Phi) is 2.27. The van der Waals surface area contributed by atoms with Gasteiger partial charge in [0.15, 0.2) is 0 Å². The normalized spacial score (nSPS) is 9.71. The van der Waals surface area contributed by atoms with Gasteiger partial charge in [0.2, 0.25) is 0 Å². The zero-order chi connectivity index (χ0) is 9.80. The third-order valence-electron chi connectivity index (χ3n) is 1.68. The van der Waals surface area contributed by atoms with Crippen molar-refractivity contribution in [1.29, 1.82) is 0 Å². The molecule has 0 aliphatic rings. The summed E-state index contributed by atoms with van der Waals surface area (Å²) >= 11 is 0. The molecule has 4 nitrogen and oxygen atoms in total. The number of para-hydroxylation sites is 1. The van der Waals surface area contributed by atoms with Crippen molar-refractivity contribution < 1.29 is 4.74 Å². The molecule has 1 aromatic heterocycles. The molecule has 0 fully saturated rings. The van der Waals surface area contributed by atoms with Crippen molar-refractivity contribution in [1.82, 2.24) is 14.8 Å². The lowest BCUT2D eigenvalue weighted by Gasteiger charge is -1.97. The van der Waals surface area contributed by atoms with Crippen LogP contribution in [0.2, 0.25) is 0 Å². The van der Waals surface area contributed by atoms with Gasteiger partial charge in [-0.05, 0) is 12.1 Å². The zero-order valence-electron chi connectivity index (χ0n) is 7.50. The average molecular weight is 187 g/mol. The fraction of sp³-hybridized carbons (Fsp3) is 0. The quantitative estimate of drug-likeness (QED) is 0.688. The van der Waals surface area contributed by atoms with Gasteiger partial charge in [-0.15, -0.1) is 5.10 Å². The van der Waals surface area contributed by atoms with Crippen LogP contribution in [0.4, 0.5) is 0 Å². The molecule has 0 radical (unpaired) electrons. The number of hydrogen-bond acceptors (Lipinski definition) is 3. The topological polar surface area (TPSA) is 39.9 Å². The molecule has 1 aromatic carbocycles. The van der Waals surface area contributed by atoms with Crippen LogP contribution in [0.3, 0.4) is 0 Å². The first-order chi connectivity index (χ1) is 6.90. The van der Waals surface area contributed by atoms with Gasteiger partial charge in [-0.1, -0.05) is 24.8 Å². The van der Waals surface area contributed by atoms with Crippen LogP contribution in [0, 0.1) is 0 Å². The Labute approximate surface area is 81.5 Å². The maximum Gasteiger partial charge on any atom is 0.340 e. The van der Waals surface area contributed by atoms with Crippen molar-refractivity contribution in [2.45, 2.75) is 0 Å². The standard InChI is InChI=1S/C10H9N3O/c1-2-14-10-11-8-13(12-10)9-6-4-3-5-7-9/h2-8H,1H2. The predicted molar refractivity (Wildman–Crippen MR) is 52.2 cm³/mol. The summed E-state index contributed by atoms with van der Waals surface area (Å²) in [5.41, 5.74) is 0.943. The Morgan fingerprint density at radius 1 is 1.29 bits per heavy atom. The Morgan fingerprint density at radius 3 is 2.79 bits per heavy atom. The summed E-state index contributed by atoms with van der Waals surface area (Å²) in [7, 11) is 0. The molecular weight excluding hydrogens is 178 g/mol. The molecule has 2 aromatic rings. The van der Waals surface area contributed by atoms with Crippen LogP contribution in [0.15, 0.2) is 49.5 Å². The van der Waals surface area contributed by atoms with Crippen molar-refractivity contribution in [2.75, 3.05) is 0 Å². The van der Waals surface area contributed by atoms with E-state index in [1.54, 1.807) is 11.0 Å². The van der Waals surface area contributed by atoms with Gasteiger partial charge in [-0.25, -0.2) is 4.68 Å². The van der Waals surface area contributed by atoms with Gasteiger partial charge in [0.1, 0.15) is 6.33 Å². The molecule has 14 heavy (non-hydrogen) atoms. The second kappa shape index (κ2) is 3.74. The second-order valence-electron chi connectivity index (χ2n) is 2.59. The molecule has 0 saturated heterocycles. The third-order valence-corrected chi connectivity index (χ3v) is 1.68. The fourth-order valence-corrected chi connectivity index (χ4v) is 1.08. The summed E-state index contributed by atoms with van der Waals surface area (Å²) in [5, 5.41) is 4.08. The number of ether oxygens (including phenoxy) is 1. The van der Waals surface area contributed by atoms with E-state index in [0.717, 1.165) is 5.69 Å². The monoisotopic (exact) mass is 187 g/mol. The summed E-state index contributed by atoms with van der Waals surface area (Å²) in [5.74, 6) is 0. The van der Waals surface area contributed by atoms with E-state index in [0.29, 0.717) is 6.01 Å². The lowest BCUT2D eigenvalue weighted by molar-refractivity contribution is 0.441. The van der Waals surface area contributed by atoms with E-state index >= 15 is 0 Å². The summed E-state index contributed by atoms with van der Waals surface area (Å²) in [6, 6.07) is 9.99. The molecule has 0 atom stereocenters. The Balaban J connectivity index is 2.29. The number of nitrogens with zero attached hydrogens (tertiary/aromatic N) is 3. The molecule has 0 unspecified atom stereocenters. The molecule has 0 bridgehead atoms. The molecule has 70 valence electrons. The number of aromatic nitrogens is 3. The van der Waals surface area contributed by atoms with E-state index in [4.69, 9.17) is 4.74 Å². The van der Waals surface area contributed by atoms with Gasteiger partial charge in [-0.3, -0.25) is 0 Å². The van der Waals surface area contributed by atoms with Crippen molar-refractivity contribution >= 4 is 0 Å². The highest BCUT2D eigenvalue weighted by Crippen LogP contribution is 2.07. The fourth-order valence-electron chi connectivity index (χ4n) is 1.08. The first-order valence-corrected chi connectivity index (χ1v) is 4.15. The summed E-state index contributed by atoms with van der Waals surface area (Å²) < 4.78 is 6.57. The minimum Gasteiger partial charge on any atom is -0.432 e. The van der Waals surface area contributed by atoms with Crippen LogP contribution in [0.5, 0.6) is 6.01 Å². The zero-order valence-corrected chi connectivity index (χ0v) is 7.50. The summed E-state index contributed by atoms with van der Waals surface area (Å²) in [6.45, 7) is 3.43. The maximum atomic E-state index is 4.93. The van der Waals surface area contributed by atoms with Gasteiger partial charge >= 0.3 is 6.01 Å². The average Bonchev–Trinajstić information content (AvgIpc) is 2.68. The van der Waals surface area contributed by atoms with Crippen LogP contribution in [0.1, 0.15) is 0 Å². The Bertz CT molecular complexity index is 422. The van der Waals surface area contributed by atoms with Gasteiger partial charge in [0, 0.05) is 0 Å². The largest absolute Gasteiger partial charge is 0.432 e. The van der Waals surface area contributed by atoms with Crippen molar-refractivity contribution in [2.24, 2.45) is 0 Å². The molecule has 0 aliphatic heterocycles. The van der Waals surface area contributed by atoms with Gasteiger partial charge in [0.05, 0.1) is 11.9 Å². The number of rotatable bonds is 3. The van der Waals surface area contributed by atoms with Crippen molar-refractivity contribution in [3.63, 3.8) is 0 Å². The number of benzene rings is 1. The van der Waals surface area contributed by atoms with Crippen LogP contribution >= 0.6 is 0 Å². The second-order valence-corrected chi connectivity index (χ2v) is 2.59. The Hall–Kier alpha value is -2.10. The lowest BCUT2D eigenvalue weighted by Crippen LogP contribution is -1.94. The maximum absolute atomic E-state index is 4.93. The molecular formula is C10H9N3O. The smallest absolute Gasteiger partial charge is 0.340 e. The van der Waals surface area contributed by atoms with Crippen LogP contribution < -0.4 is 4.74 Å². The molecule has 0 amide bonds. The Morgan fingerprint density at radius 2 is 2.07 bits per heavy atom. The lowest BCUT2D eigenvalue weighted by atomic mass is 10.3. The van der Waals surface area contributed by atoms with E-state index in [2.05, 4.69) is 16.7 Å². The van der Waals surface area contributed by atoms with Gasteiger partial charge in [-0.2, -0.15) is 4.98 Å². The van der Waals surface area contributed by atoms with Crippen LogP contribution in [0.25, 0.3) is 5.69 Å². The van der Waals surface area contributed by atoms with Gasteiger partial charge in [0.25, 0.3) is 0 Å². The van der Waals surface area contributed by atoms with Crippen LogP contribution in [-0.2, 0) is 0 Å². The van der Waals surface area contributed by atoms with E-state index in [1.807, 2.05) is 30.3 Å². The molecule has 1 heterocycles. The molecule has 0 N–H and O–H groups in total. The third kappa shape index (κ3) is 1.64. The highest BCUT2D eigenvalue weighted by Gasteiger charge is 2.00. The van der Waals surface area contributed by atoms with E-state index < -0.39 is 0 Å². The number of hydrogen-bond donors (Lipinski definition) is 0. The SMILES string of the molecule is C=COc1ncn(-c2ccccc2)n1. The minimum absolute atomic E-state index is 0.295.